The Morgan fingerprint density at radius 2 is 2.14 bits per heavy atom. The molecule has 0 spiro atoms. The number of carbonyl (C=O) groups is 1. The van der Waals surface area contributed by atoms with Gasteiger partial charge in [-0.05, 0) is 66.6 Å². The Kier molecular flexibility index (Phi) is 6.69. The summed E-state index contributed by atoms with van der Waals surface area (Å²) in [5.74, 6) is 0.180. The van der Waals surface area contributed by atoms with Crippen molar-refractivity contribution in [2.75, 3.05) is 5.32 Å². The summed E-state index contributed by atoms with van der Waals surface area (Å²) in [6.07, 6.45) is 2.93. The first-order valence-corrected chi connectivity index (χ1v) is 11.6. The molecule has 4 nitrogen and oxygen atoms in total. The second-order valence-corrected chi connectivity index (χ2v) is 11.0. The van der Waals surface area contributed by atoms with Crippen molar-refractivity contribution in [1.82, 2.24) is 5.32 Å². The Morgan fingerprint density at radius 3 is 2.79 bits per heavy atom. The quantitative estimate of drug-likeness (QED) is 0.464. The van der Waals surface area contributed by atoms with Crippen LogP contribution < -0.4 is 10.6 Å². The normalized spacial score (nSPS) is 15.9. The smallest absolute Gasteiger partial charge is 0.258 e. The molecule has 3 rings (SSSR count). The van der Waals surface area contributed by atoms with Crippen LogP contribution in [0.5, 0.6) is 0 Å². The number of carbonyl (C=O) groups excluding carboxylic acids is 1. The number of hydrogen-bond donors (Lipinski definition) is 2. The van der Waals surface area contributed by atoms with E-state index in [1.807, 2.05) is 0 Å². The number of nitriles is 1. The van der Waals surface area contributed by atoms with E-state index in [0.717, 1.165) is 29.3 Å². The van der Waals surface area contributed by atoms with Crippen LogP contribution in [0.25, 0.3) is 0 Å². The number of anilines is 1. The molecule has 8 heteroatoms. The SMILES string of the molecule is CC(C)(C)[C@@H]1CCc2c(sc(NC(=S)NC(=O)c3cc(Br)ccc3Cl)c2C#N)C1. The van der Waals surface area contributed by atoms with Crippen molar-refractivity contribution >= 4 is 67.1 Å². The number of halogens is 2. The summed E-state index contributed by atoms with van der Waals surface area (Å²) in [7, 11) is 0. The van der Waals surface area contributed by atoms with Gasteiger partial charge in [0.2, 0.25) is 0 Å². The lowest BCUT2D eigenvalue weighted by Gasteiger charge is -2.33. The van der Waals surface area contributed by atoms with Crippen LogP contribution in [0, 0.1) is 22.7 Å². The van der Waals surface area contributed by atoms with Crippen LogP contribution in [0.4, 0.5) is 5.00 Å². The summed E-state index contributed by atoms with van der Waals surface area (Å²) in [6.45, 7) is 6.79. The van der Waals surface area contributed by atoms with E-state index in [-0.39, 0.29) is 10.5 Å². The fourth-order valence-corrected chi connectivity index (χ4v) is 5.61. The molecule has 0 saturated carbocycles. The van der Waals surface area contributed by atoms with Crippen LogP contribution in [0.2, 0.25) is 5.02 Å². The van der Waals surface area contributed by atoms with E-state index in [9.17, 15) is 10.1 Å². The van der Waals surface area contributed by atoms with Crippen LogP contribution in [-0.4, -0.2) is 11.0 Å². The van der Waals surface area contributed by atoms with Gasteiger partial charge in [0.25, 0.3) is 5.91 Å². The molecule has 1 aromatic carbocycles. The van der Waals surface area contributed by atoms with E-state index in [1.165, 1.54) is 4.88 Å². The van der Waals surface area contributed by atoms with Crippen LogP contribution in [0.15, 0.2) is 22.7 Å². The first-order valence-electron chi connectivity index (χ1n) is 9.22. The Labute approximate surface area is 193 Å². The summed E-state index contributed by atoms with van der Waals surface area (Å²) in [6, 6.07) is 7.35. The maximum absolute atomic E-state index is 12.5. The average molecular weight is 511 g/mol. The van der Waals surface area contributed by atoms with Crippen molar-refractivity contribution in [2.24, 2.45) is 11.3 Å². The fourth-order valence-electron chi connectivity index (χ4n) is 3.51. The zero-order valence-electron chi connectivity index (χ0n) is 16.4. The molecule has 0 aliphatic heterocycles. The van der Waals surface area contributed by atoms with Crippen LogP contribution in [-0.2, 0) is 12.8 Å². The molecule has 152 valence electrons. The molecule has 1 aliphatic rings. The predicted molar refractivity (Wildman–Crippen MR) is 127 cm³/mol. The highest BCUT2D eigenvalue weighted by molar-refractivity contribution is 9.10. The van der Waals surface area contributed by atoms with E-state index < -0.39 is 5.91 Å². The lowest BCUT2D eigenvalue weighted by atomic mass is 9.72. The van der Waals surface area contributed by atoms with E-state index in [2.05, 4.69) is 53.4 Å². The monoisotopic (exact) mass is 509 g/mol. The van der Waals surface area contributed by atoms with Gasteiger partial charge in [0.15, 0.2) is 5.11 Å². The van der Waals surface area contributed by atoms with Crippen LogP contribution in [0.1, 0.15) is 53.6 Å². The lowest BCUT2D eigenvalue weighted by molar-refractivity contribution is 0.0978. The maximum atomic E-state index is 12.5. The Hall–Kier alpha value is -1.46. The molecule has 1 atom stereocenters. The van der Waals surface area contributed by atoms with Crippen LogP contribution in [0.3, 0.4) is 0 Å². The van der Waals surface area contributed by atoms with Gasteiger partial charge >= 0.3 is 0 Å². The number of benzene rings is 1. The van der Waals surface area contributed by atoms with Gasteiger partial charge in [0.1, 0.15) is 11.1 Å². The van der Waals surface area contributed by atoms with Crippen LogP contribution >= 0.6 is 51.1 Å². The van der Waals surface area contributed by atoms with Crippen molar-refractivity contribution in [1.29, 1.82) is 5.26 Å². The van der Waals surface area contributed by atoms with Crippen molar-refractivity contribution < 1.29 is 4.79 Å². The number of amides is 1. The summed E-state index contributed by atoms with van der Waals surface area (Å²) in [5, 5.41) is 16.6. The molecule has 0 unspecified atom stereocenters. The molecule has 0 saturated heterocycles. The zero-order valence-corrected chi connectivity index (χ0v) is 20.3. The third kappa shape index (κ3) is 5.00. The second-order valence-electron chi connectivity index (χ2n) is 8.16. The van der Waals surface area contributed by atoms with Gasteiger partial charge < -0.3 is 5.32 Å². The van der Waals surface area contributed by atoms with E-state index in [1.54, 1.807) is 29.5 Å². The van der Waals surface area contributed by atoms with E-state index in [4.69, 9.17) is 23.8 Å². The van der Waals surface area contributed by atoms with Crippen molar-refractivity contribution in [3.63, 3.8) is 0 Å². The van der Waals surface area contributed by atoms with Crippen molar-refractivity contribution in [3.8, 4) is 6.07 Å². The summed E-state index contributed by atoms with van der Waals surface area (Å²) in [5.41, 5.74) is 2.30. The maximum Gasteiger partial charge on any atom is 0.258 e. The third-order valence-electron chi connectivity index (χ3n) is 5.23. The largest absolute Gasteiger partial charge is 0.323 e. The molecule has 1 heterocycles. The lowest BCUT2D eigenvalue weighted by Crippen LogP contribution is -2.34. The van der Waals surface area contributed by atoms with E-state index in [0.29, 0.717) is 27.1 Å². The Bertz CT molecular complexity index is 1020. The van der Waals surface area contributed by atoms with Crippen molar-refractivity contribution in [3.05, 3.63) is 49.3 Å². The van der Waals surface area contributed by atoms with Crippen molar-refractivity contribution in [2.45, 2.75) is 40.0 Å². The summed E-state index contributed by atoms with van der Waals surface area (Å²) >= 11 is 16.3. The molecule has 2 aromatic rings. The van der Waals surface area contributed by atoms with Gasteiger partial charge in [0, 0.05) is 9.35 Å². The predicted octanol–water partition coefficient (Wildman–Crippen LogP) is 6.31. The number of rotatable bonds is 2. The number of thiophene rings is 1. The molecule has 2 N–H and O–H groups in total. The fraction of sp³-hybridized carbons (Fsp3) is 0.381. The summed E-state index contributed by atoms with van der Waals surface area (Å²) in [4.78, 5) is 13.8. The molecular weight excluding hydrogens is 490 g/mol. The van der Waals surface area contributed by atoms with Gasteiger partial charge in [-0.2, -0.15) is 5.26 Å². The molecule has 1 aromatic heterocycles. The molecule has 0 radical (unpaired) electrons. The zero-order chi connectivity index (χ0) is 21.3. The average Bonchev–Trinajstić information content (AvgIpc) is 2.98. The Balaban J connectivity index is 1.76. The minimum Gasteiger partial charge on any atom is -0.323 e. The highest BCUT2D eigenvalue weighted by Crippen LogP contribution is 2.43. The molecular formula is C21H21BrClN3OS2. The topological polar surface area (TPSA) is 64.9 Å². The number of hydrogen-bond acceptors (Lipinski definition) is 4. The third-order valence-corrected chi connectivity index (χ3v) is 7.43. The number of nitrogens with one attached hydrogen (secondary N) is 2. The first-order chi connectivity index (χ1) is 13.6. The highest BCUT2D eigenvalue weighted by atomic mass is 79.9. The number of thiocarbonyl (C=S) groups is 1. The minimum atomic E-state index is -0.401. The summed E-state index contributed by atoms with van der Waals surface area (Å²) < 4.78 is 0.747. The molecule has 29 heavy (non-hydrogen) atoms. The molecule has 0 fully saturated rings. The van der Waals surface area contributed by atoms with Gasteiger partial charge in [0.05, 0.1) is 16.1 Å². The molecule has 1 aliphatic carbocycles. The number of fused-ring (bicyclic) bond motifs is 1. The van der Waals surface area contributed by atoms with Gasteiger partial charge in [-0.15, -0.1) is 11.3 Å². The standard InChI is InChI=1S/C21H21BrClN3OS2/c1-21(2,3)11-4-6-13-15(10-24)19(29-17(13)8-11)26-20(28)25-18(27)14-9-12(22)5-7-16(14)23/h5,7,9,11H,4,6,8H2,1-3H3,(H2,25,26,27,28)/t11-/m1/s1. The first kappa shape index (κ1) is 22.2. The molecule has 1 amide bonds. The highest BCUT2D eigenvalue weighted by Gasteiger charge is 2.32. The minimum absolute atomic E-state index is 0.147. The number of nitrogens with zero attached hydrogens (tertiary/aromatic N) is 1. The Morgan fingerprint density at radius 1 is 1.41 bits per heavy atom. The van der Waals surface area contributed by atoms with E-state index >= 15 is 0 Å². The molecule has 0 bridgehead atoms. The van der Waals surface area contributed by atoms with Gasteiger partial charge in [-0.25, -0.2) is 0 Å². The second kappa shape index (κ2) is 8.73. The van der Waals surface area contributed by atoms with Gasteiger partial charge in [-0.1, -0.05) is 48.3 Å². The van der Waals surface area contributed by atoms with Gasteiger partial charge in [-0.3, -0.25) is 10.1 Å².